The van der Waals surface area contributed by atoms with Gasteiger partial charge in [0, 0.05) is 13.1 Å². The van der Waals surface area contributed by atoms with Crippen molar-refractivity contribution in [3.05, 3.63) is 138 Å². The average molecular weight is 563 g/mol. The molecule has 42 heavy (non-hydrogen) atoms. The fourth-order valence-electron chi connectivity index (χ4n) is 4.77. The molecule has 0 saturated heterocycles. The van der Waals surface area contributed by atoms with Gasteiger partial charge in [0.1, 0.15) is 12.4 Å². The summed E-state index contributed by atoms with van der Waals surface area (Å²) in [7, 11) is 0.767. The van der Waals surface area contributed by atoms with Crippen LogP contribution in [0.1, 0.15) is 22.3 Å². The van der Waals surface area contributed by atoms with Crippen LogP contribution < -0.4 is 15.4 Å². The topological polar surface area (TPSA) is 83.1 Å². The zero-order chi connectivity index (χ0) is 29.6. The second-order valence-corrected chi connectivity index (χ2v) is 10.4. The lowest BCUT2D eigenvalue weighted by Gasteiger charge is -2.34. The van der Waals surface area contributed by atoms with E-state index >= 15 is 0 Å². The maximum atomic E-state index is 12.4. The van der Waals surface area contributed by atoms with Gasteiger partial charge in [-0.25, -0.2) is 5.01 Å². The van der Waals surface area contributed by atoms with Crippen molar-refractivity contribution >= 4 is 20.7 Å². The number of ether oxygens (including phenoxy) is 2. The van der Waals surface area contributed by atoms with Crippen molar-refractivity contribution in [2.24, 2.45) is 0 Å². The molecule has 0 aliphatic heterocycles. The molecule has 0 spiro atoms. The van der Waals surface area contributed by atoms with Crippen molar-refractivity contribution in [2.75, 3.05) is 6.54 Å². The van der Waals surface area contributed by atoms with E-state index in [1.165, 1.54) is 7.85 Å². The van der Waals surface area contributed by atoms with Crippen LogP contribution in [0.15, 0.2) is 115 Å². The van der Waals surface area contributed by atoms with Gasteiger partial charge in [-0.2, -0.15) is 0 Å². The third-order valence-corrected chi connectivity index (χ3v) is 6.76. The highest BCUT2D eigenvalue weighted by atomic mass is 16.5. The van der Waals surface area contributed by atoms with Crippen LogP contribution in [0.5, 0.6) is 5.75 Å². The van der Waals surface area contributed by atoms with Crippen molar-refractivity contribution in [3.63, 3.8) is 0 Å². The van der Waals surface area contributed by atoms with Gasteiger partial charge in [0.25, 0.3) is 0 Å². The van der Waals surface area contributed by atoms with Gasteiger partial charge in [-0.15, -0.1) is 0 Å². The molecule has 0 aliphatic carbocycles. The van der Waals surface area contributed by atoms with Crippen LogP contribution >= 0.6 is 0 Å². The molecule has 0 aromatic heterocycles. The molecule has 0 fully saturated rings. The Hall–Kier alpha value is -3.88. The van der Waals surface area contributed by atoms with Crippen molar-refractivity contribution in [2.45, 2.75) is 45.1 Å². The summed E-state index contributed by atoms with van der Waals surface area (Å²) in [6.45, 7) is 3.55. The number of amides is 1. The Morgan fingerprint density at radius 2 is 1.36 bits per heavy atom. The second-order valence-electron chi connectivity index (χ2n) is 10.4. The Kier molecular flexibility index (Phi) is 12.2. The van der Waals surface area contributed by atoms with Crippen LogP contribution in [0.25, 0.3) is 0 Å². The Balaban J connectivity index is 1.51. The molecule has 216 valence electrons. The quantitative estimate of drug-likeness (QED) is 0.140. The van der Waals surface area contributed by atoms with Gasteiger partial charge in [0.15, 0.2) is 5.81 Å². The van der Waals surface area contributed by atoms with E-state index in [1.54, 1.807) is 6.82 Å². The molecule has 0 heterocycles. The molecule has 9 heteroatoms. The van der Waals surface area contributed by atoms with Gasteiger partial charge in [-0.3, -0.25) is 10.1 Å². The van der Waals surface area contributed by atoms with E-state index in [1.807, 2.05) is 120 Å². The smallest absolute Gasteiger partial charge is 0.388 e. The average Bonchev–Trinajstić information content (AvgIpc) is 2.99. The number of nitrogens with one attached hydrogen (secondary N) is 2. The fourth-order valence-corrected chi connectivity index (χ4v) is 4.77. The molecule has 2 atom stereocenters. The van der Waals surface area contributed by atoms with Crippen LogP contribution in [0, 0.1) is 0 Å². The monoisotopic (exact) mass is 563 g/mol. The highest BCUT2D eigenvalue weighted by Crippen LogP contribution is 2.18. The summed E-state index contributed by atoms with van der Waals surface area (Å²) in [5.41, 5.74) is 4.29. The molecular formula is C33H39B2N3O4. The fraction of sp³-hybridized carbons (Fsp3) is 0.242. The number of carbonyl (C=O) groups is 1. The Morgan fingerprint density at radius 3 is 1.90 bits per heavy atom. The lowest BCUT2D eigenvalue weighted by molar-refractivity contribution is -0.0126. The number of nitrogens with zero attached hydrogens (tertiary/aromatic N) is 1. The van der Waals surface area contributed by atoms with E-state index in [-0.39, 0.29) is 11.8 Å². The van der Waals surface area contributed by atoms with Gasteiger partial charge in [-0.1, -0.05) is 103 Å². The number of hydrazine groups is 1. The first-order valence-electron chi connectivity index (χ1n) is 14.4. The Labute approximate surface area is 250 Å². The van der Waals surface area contributed by atoms with Crippen molar-refractivity contribution < 1.29 is 19.3 Å². The maximum absolute atomic E-state index is 12.4. The molecule has 3 N–H and O–H groups in total. The summed E-state index contributed by atoms with van der Waals surface area (Å²) in [5.74, 6) is 0.653. The predicted molar refractivity (Wildman–Crippen MR) is 171 cm³/mol. The minimum absolute atomic E-state index is 0.130. The molecule has 4 aromatic rings. The standard InChI is InChI=1S/C33H39B2N3O4/c1-35(40)37-38(22-27-11-5-2-6-12-27)23-32(42-25-29-15-9-4-10-16-29)31(36-33(34)39)21-26-17-19-30(20-18-26)41-24-28-13-7-3-8-14-28/h2-20,31-32,37,40H,21-25,34H2,1H3,(H,36,39)/t31-,32?/m1/s1. The summed E-state index contributed by atoms with van der Waals surface area (Å²) in [6, 6.07) is 37.7. The maximum Gasteiger partial charge on any atom is 0.388 e. The molecular weight excluding hydrogens is 524 g/mol. The second kappa shape index (κ2) is 16.5. The summed E-state index contributed by atoms with van der Waals surface area (Å²) >= 11 is 0. The molecule has 0 saturated carbocycles. The zero-order valence-corrected chi connectivity index (χ0v) is 24.4. The largest absolute Gasteiger partial charge is 0.489 e. The van der Waals surface area contributed by atoms with Gasteiger partial charge >= 0.3 is 7.05 Å². The number of hydrogen-bond acceptors (Lipinski definition) is 6. The van der Waals surface area contributed by atoms with Crippen LogP contribution in [-0.4, -0.2) is 49.4 Å². The third-order valence-electron chi connectivity index (χ3n) is 6.76. The summed E-state index contributed by atoms with van der Waals surface area (Å²) in [5, 5.41) is 18.4. The summed E-state index contributed by atoms with van der Waals surface area (Å²) in [4.78, 5) is 12.4. The third kappa shape index (κ3) is 10.8. The predicted octanol–water partition coefficient (Wildman–Crippen LogP) is 4.22. The molecule has 0 bridgehead atoms. The molecule has 0 radical (unpaired) electrons. The van der Waals surface area contributed by atoms with Gasteiger partial charge in [-0.05, 0) is 47.6 Å². The lowest BCUT2D eigenvalue weighted by atomic mass is 9.90. The van der Waals surface area contributed by atoms with Gasteiger partial charge < -0.3 is 19.8 Å². The normalized spacial score (nSPS) is 12.5. The minimum atomic E-state index is -0.758. The zero-order valence-electron chi connectivity index (χ0n) is 24.4. The first kappa shape index (κ1) is 31.1. The van der Waals surface area contributed by atoms with E-state index in [9.17, 15) is 9.82 Å². The van der Waals surface area contributed by atoms with E-state index in [0.717, 1.165) is 28.0 Å². The summed E-state index contributed by atoms with van der Waals surface area (Å²) in [6.07, 6.45) is 0.171. The molecule has 7 nitrogen and oxygen atoms in total. The molecule has 0 aliphatic rings. The molecule has 4 rings (SSSR count). The molecule has 1 unspecified atom stereocenters. The highest BCUT2D eigenvalue weighted by molar-refractivity contribution is 6.57. The van der Waals surface area contributed by atoms with Crippen LogP contribution in [0.3, 0.4) is 0 Å². The van der Waals surface area contributed by atoms with Crippen LogP contribution in [0.4, 0.5) is 4.79 Å². The Morgan fingerprint density at radius 1 is 0.810 bits per heavy atom. The van der Waals surface area contributed by atoms with Crippen molar-refractivity contribution in [1.29, 1.82) is 0 Å². The van der Waals surface area contributed by atoms with Gasteiger partial charge in [0.2, 0.25) is 7.85 Å². The Bertz CT molecular complexity index is 1330. The number of carbonyl (C=O) groups excluding carboxylic acids is 1. The first-order valence-corrected chi connectivity index (χ1v) is 14.4. The lowest BCUT2D eigenvalue weighted by Crippen LogP contribution is -2.55. The molecule has 4 aromatic carbocycles. The van der Waals surface area contributed by atoms with Crippen molar-refractivity contribution in [3.8, 4) is 5.75 Å². The van der Waals surface area contributed by atoms with Crippen molar-refractivity contribution in [1.82, 2.24) is 15.7 Å². The summed E-state index contributed by atoms with van der Waals surface area (Å²) < 4.78 is 12.5. The number of hydrogen-bond donors (Lipinski definition) is 3. The van der Waals surface area contributed by atoms with Gasteiger partial charge in [0.05, 0.1) is 18.8 Å². The van der Waals surface area contributed by atoms with Crippen LogP contribution in [0.2, 0.25) is 6.82 Å². The van der Waals surface area contributed by atoms with E-state index in [4.69, 9.17) is 9.47 Å². The molecule has 1 amide bonds. The SMILES string of the molecule is BC(=O)N[C@H](Cc1ccc(OCc2ccccc2)cc1)C(CN(Cc1ccccc1)NB(C)O)OCc1ccccc1. The highest BCUT2D eigenvalue weighted by Gasteiger charge is 2.27. The minimum Gasteiger partial charge on any atom is -0.489 e. The van der Waals surface area contributed by atoms with E-state index in [2.05, 4.69) is 10.7 Å². The van der Waals surface area contributed by atoms with Crippen LogP contribution in [-0.2, 0) is 30.9 Å². The number of benzene rings is 4. The first-order chi connectivity index (χ1) is 20.4. The van der Waals surface area contributed by atoms with E-state index < -0.39 is 13.2 Å². The number of rotatable bonds is 16. The van der Waals surface area contributed by atoms with E-state index in [0.29, 0.717) is 32.7 Å².